The predicted octanol–water partition coefficient (Wildman–Crippen LogP) is 5.84. The lowest BCUT2D eigenvalue weighted by Gasteiger charge is -2.63. The first-order chi connectivity index (χ1) is 23.8. The number of carboxylic acids is 1. The normalized spacial score (nSPS) is 47.1. The van der Waals surface area contributed by atoms with E-state index in [1.54, 1.807) is 19.8 Å². The molecule has 285 valence electrons. The summed E-state index contributed by atoms with van der Waals surface area (Å²) in [5.74, 6) is 1.06. The van der Waals surface area contributed by atoms with E-state index in [0.717, 1.165) is 44.9 Å². The molecule has 8 aliphatic rings. The van der Waals surface area contributed by atoms with E-state index in [1.807, 2.05) is 0 Å². The van der Waals surface area contributed by atoms with Crippen LogP contribution in [-0.4, -0.2) is 87.6 Å². The third kappa shape index (κ3) is 4.80. The lowest BCUT2D eigenvalue weighted by atomic mass is 9.41. The van der Waals surface area contributed by atoms with Crippen LogP contribution in [0.4, 0.5) is 0 Å². The molecule has 0 bridgehead atoms. The Morgan fingerprint density at radius 3 is 2.41 bits per heavy atom. The molecule has 0 aromatic heterocycles. The number of aliphatic hydroxyl groups is 2. The number of rotatable bonds is 7. The highest BCUT2D eigenvalue weighted by atomic mass is 16.7. The third-order valence-corrected chi connectivity index (χ3v) is 16.7. The van der Waals surface area contributed by atoms with E-state index >= 15 is 0 Å². The topological polar surface area (TPSA) is 135 Å². The van der Waals surface area contributed by atoms with E-state index in [1.165, 1.54) is 13.3 Å². The highest BCUT2D eigenvalue weighted by Gasteiger charge is 2.85. The van der Waals surface area contributed by atoms with Crippen molar-refractivity contribution in [1.29, 1.82) is 0 Å². The smallest absolute Gasteiger partial charge is 0.324 e. The van der Waals surface area contributed by atoms with Gasteiger partial charge in [0.2, 0.25) is 0 Å². The van der Waals surface area contributed by atoms with Gasteiger partial charge in [-0.3, -0.25) is 14.5 Å². The molecule has 1 unspecified atom stereocenters. The van der Waals surface area contributed by atoms with Gasteiger partial charge in [0.15, 0.2) is 12.4 Å². The van der Waals surface area contributed by atoms with Crippen molar-refractivity contribution in [1.82, 2.24) is 4.90 Å². The van der Waals surface area contributed by atoms with Gasteiger partial charge >= 0.3 is 11.9 Å². The molecular formula is C41H62NO9. The molecule has 2 aliphatic heterocycles. The van der Waals surface area contributed by atoms with Crippen LogP contribution in [0.1, 0.15) is 126 Å². The van der Waals surface area contributed by atoms with Crippen LogP contribution >= 0.6 is 0 Å². The summed E-state index contributed by atoms with van der Waals surface area (Å²) in [6.07, 6.45) is 9.45. The lowest BCUT2D eigenvalue weighted by Crippen LogP contribution is -2.64. The van der Waals surface area contributed by atoms with E-state index in [-0.39, 0.29) is 39.6 Å². The number of carbonyl (C=O) groups is 2. The van der Waals surface area contributed by atoms with Crippen LogP contribution in [0.5, 0.6) is 0 Å². The van der Waals surface area contributed by atoms with E-state index in [9.17, 15) is 24.9 Å². The van der Waals surface area contributed by atoms with Gasteiger partial charge in [0, 0.05) is 24.8 Å². The van der Waals surface area contributed by atoms with Crippen molar-refractivity contribution >= 4 is 11.9 Å². The molecule has 51 heavy (non-hydrogen) atoms. The van der Waals surface area contributed by atoms with E-state index in [0.29, 0.717) is 57.1 Å². The summed E-state index contributed by atoms with van der Waals surface area (Å²) in [4.78, 5) is 26.5. The number of hydrogen-bond donors (Lipinski definition) is 3. The average molecular weight is 713 g/mol. The molecule has 8 fully saturated rings. The number of esters is 1. The van der Waals surface area contributed by atoms with Gasteiger partial charge in [-0.2, -0.15) is 0 Å². The fourth-order valence-corrected chi connectivity index (χ4v) is 14.1. The minimum Gasteiger partial charge on any atom is -0.480 e. The van der Waals surface area contributed by atoms with Crippen molar-refractivity contribution in [2.45, 2.75) is 162 Å². The summed E-state index contributed by atoms with van der Waals surface area (Å²) in [5.41, 5.74) is -2.51. The summed E-state index contributed by atoms with van der Waals surface area (Å²) in [6.45, 7) is 18.0. The number of hydrogen-bond acceptors (Lipinski definition) is 9. The van der Waals surface area contributed by atoms with Gasteiger partial charge in [-0.1, -0.05) is 34.6 Å². The zero-order chi connectivity index (χ0) is 36.7. The number of carboxylic acid groups (broad SMARTS) is 1. The Hall–Kier alpha value is -1.30. The quantitative estimate of drug-likeness (QED) is 0.277. The average Bonchev–Trinajstić information content (AvgIpc) is 3.65. The van der Waals surface area contributed by atoms with Crippen LogP contribution in [-0.2, 0) is 28.5 Å². The van der Waals surface area contributed by atoms with Crippen molar-refractivity contribution in [3.05, 3.63) is 18.1 Å². The summed E-state index contributed by atoms with van der Waals surface area (Å²) in [7, 11) is 0. The number of ether oxygens (including phenoxy) is 4. The highest BCUT2D eigenvalue weighted by molar-refractivity contribution is 5.80. The predicted molar refractivity (Wildman–Crippen MR) is 187 cm³/mol. The molecule has 3 N–H and O–H groups in total. The zero-order valence-corrected chi connectivity index (χ0v) is 32.2. The number of nitrogens with zero attached hydrogens (tertiary/aromatic N) is 1. The number of aliphatic carboxylic acids is 1. The van der Waals surface area contributed by atoms with Gasteiger partial charge < -0.3 is 34.3 Å². The number of morpholine rings is 1. The van der Waals surface area contributed by atoms with Gasteiger partial charge in [0.05, 0.1) is 31.0 Å². The molecule has 11 atom stereocenters. The molecule has 2 saturated heterocycles. The second-order valence-corrected chi connectivity index (χ2v) is 19.7. The highest BCUT2D eigenvalue weighted by Crippen LogP contribution is 2.90. The van der Waals surface area contributed by atoms with Crippen LogP contribution in [0.2, 0.25) is 0 Å². The van der Waals surface area contributed by atoms with Crippen LogP contribution in [0.25, 0.3) is 0 Å². The SMILES string of the molecule is CC(=O)O[C@@H]([C]1C[C@@H](C)[C@H]2[C](O1)[C@H](O)[C@@]1(C)[C]3CC[C@H]4C(C)(C)C(O[C@H]5CN(C6(C(=O)O)CCC6)CCO5)CC[C@@]45C[C@@]35CC[C@]21C)C(C)(C)O. The van der Waals surface area contributed by atoms with Crippen molar-refractivity contribution in [3.63, 3.8) is 0 Å². The first kappa shape index (κ1) is 36.7. The molecule has 8 rings (SSSR count). The Bertz CT molecular complexity index is 1420. The van der Waals surface area contributed by atoms with Gasteiger partial charge in [-0.25, -0.2) is 0 Å². The Labute approximate surface area is 304 Å². The molecule has 2 heterocycles. The molecule has 0 amide bonds. The first-order valence-electron chi connectivity index (χ1n) is 19.9. The van der Waals surface area contributed by atoms with Crippen LogP contribution in [0.15, 0.2) is 0 Å². The monoisotopic (exact) mass is 712 g/mol. The first-order valence-corrected chi connectivity index (χ1v) is 19.9. The number of aliphatic hydroxyl groups excluding tert-OH is 1. The molecule has 2 spiro atoms. The summed E-state index contributed by atoms with van der Waals surface area (Å²) in [5, 5.41) is 33.6. The van der Waals surface area contributed by atoms with Crippen LogP contribution in [0.3, 0.4) is 0 Å². The summed E-state index contributed by atoms with van der Waals surface area (Å²) in [6, 6.07) is 0. The zero-order valence-electron chi connectivity index (χ0n) is 32.2. The Morgan fingerprint density at radius 1 is 1.06 bits per heavy atom. The van der Waals surface area contributed by atoms with Crippen LogP contribution in [0, 0.1) is 63.0 Å². The fraction of sp³-hybridized carbons (Fsp3) is 0.878. The van der Waals surface area contributed by atoms with Gasteiger partial charge in [0.25, 0.3) is 0 Å². The van der Waals surface area contributed by atoms with Crippen molar-refractivity contribution in [3.8, 4) is 0 Å². The number of fused-ring (bicyclic) bond motifs is 4. The van der Waals surface area contributed by atoms with Crippen molar-refractivity contribution in [2.24, 2.45) is 44.8 Å². The molecule has 3 radical (unpaired) electrons. The Balaban J connectivity index is 1.02. The summed E-state index contributed by atoms with van der Waals surface area (Å²) >= 11 is 0. The van der Waals surface area contributed by atoms with E-state index in [4.69, 9.17) is 18.9 Å². The fourth-order valence-electron chi connectivity index (χ4n) is 14.1. The summed E-state index contributed by atoms with van der Waals surface area (Å²) < 4.78 is 25.3. The van der Waals surface area contributed by atoms with Crippen LogP contribution < -0.4 is 0 Å². The van der Waals surface area contributed by atoms with E-state index in [2.05, 4.69) is 39.5 Å². The van der Waals surface area contributed by atoms with E-state index < -0.39 is 47.0 Å². The van der Waals surface area contributed by atoms with Gasteiger partial charge in [-0.05, 0) is 124 Å². The third-order valence-electron chi connectivity index (χ3n) is 16.7. The molecule has 0 aromatic carbocycles. The minimum absolute atomic E-state index is 0.0310. The minimum atomic E-state index is -1.33. The van der Waals surface area contributed by atoms with Crippen molar-refractivity contribution in [2.75, 3.05) is 19.7 Å². The second kappa shape index (κ2) is 11.6. The Morgan fingerprint density at radius 2 is 1.78 bits per heavy atom. The molecular weight excluding hydrogens is 650 g/mol. The number of carbonyl (C=O) groups excluding carboxylic acids is 1. The maximum Gasteiger partial charge on any atom is 0.324 e. The van der Waals surface area contributed by atoms with Crippen molar-refractivity contribution < 1.29 is 43.9 Å². The lowest BCUT2D eigenvalue weighted by molar-refractivity contribution is -0.253. The maximum absolute atomic E-state index is 12.5. The molecule has 6 aliphatic carbocycles. The molecule has 10 heteroatoms. The maximum atomic E-state index is 12.5. The Kier molecular flexibility index (Phi) is 8.35. The standard InChI is InChI=1S/C41H62NO9/c1-23-20-25(33(36(5,6)47)49-24(2)43)50-31-30(23)37(7)16-17-40-22-39(40)15-12-28(35(3,4)26(39)10-11-27(40)38(37,8)32(31)44)51-29-21-42(18-19-48-29)41(34(45)46)13-9-14-41/h23,26,28-30,32-33,44,47H,9-22H2,1-8H3,(H,45,46)/t23-,26+,28?,29+,30+,32+,33+,37-,38-,39-,40+/m1/s1. The largest absolute Gasteiger partial charge is 0.480 e. The molecule has 10 nitrogen and oxygen atoms in total. The second-order valence-electron chi connectivity index (χ2n) is 19.7. The van der Waals surface area contributed by atoms with Gasteiger partial charge in [-0.15, -0.1) is 0 Å². The van der Waals surface area contributed by atoms with Gasteiger partial charge in [0.1, 0.15) is 17.7 Å². The molecule has 6 saturated carbocycles. The molecule has 0 aromatic rings.